The van der Waals surface area contributed by atoms with Gasteiger partial charge in [-0.15, -0.1) is 12.4 Å². The Bertz CT molecular complexity index is 221. The van der Waals surface area contributed by atoms with Crippen LogP contribution in [0.5, 0.6) is 0 Å². The largest absolute Gasteiger partial charge is 0.516 e. The van der Waals surface area contributed by atoms with E-state index < -0.39 is 12.1 Å². The molecule has 1 atom stereocenters. The third kappa shape index (κ3) is 9.73. The number of nitrogens with two attached hydrogens (primary N) is 1. The summed E-state index contributed by atoms with van der Waals surface area (Å²) >= 11 is 0. The first-order valence-corrected chi connectivity index (χ1v) is 5.08. The van der Waals surface area contributed by atoms with E-state index in [-0.39, 0.29) is 31.5 Å². The molecule has 0 radical (unpaired) electrons. The Labute approximate surface area is 102 Å². The molecule has 0 heterocycles. The molecule has 0 aliphatic heterocycles. The number of rotatable bonds is 5. The molecule has 0 saturated heterocycles. The molecule has 6 heteroatoms. The Morgan fingerprint density at radius 1 is 1.31 bits per heavy atom. The van der Waals surface area contributed by atoms with Crippen LogP contribution in [0.4, 0.5) is 4.79 Å². The van der Waals surface area contributed by atoms with Crippen LogP contribution in [0.15, 0.2) is 0 Å². The van der Waals surface area contributed by atoms with E-state index >= 15 is 0 Å². The smallest absolute Gasteiger partial charge is 0.434 e. The van der Waals surface area contributed by atoms with Crippen molar-refractivity contribution in [2.75, 3.05) is 6.61 Å². The topological polar surface area (TPSA) is 78.6 Å². The normalized spacial score (nSPS) is 11.6. The van der Waals surface area contributed by atoms with Gasteiger partial charge in [0.05, 0.1) is 13.0 Å². The van der Waals surface area contributed by atoms with E-state index in [1.165, 1.54) is 0 Å². The van der Waals surface area contributed by atoms with Gasteiger partial charge in [0.25, 0.3) is 0 Å². The van der Waals surface area contributed by atoms with Gasteiger partial charge in [-0.05, 0) is 19.3 Å². The number of carbonyl (C=O) groups excluding carboxylic acids is 2. The first kappa shape index (κ1) is 17.6. The Morgan fingerprint density at radius 3 is 2.31 bits per heavy atom. The highest BCUT2D eigenvalue weighted by molar-refractivity contribution is 5.85. The van der Waals surface area contributed by atoms with E-state index in [1.54, 1.807) is 6.92 Å². The van der Waals surface area contributed by atoms with Gasteiger partial charge >= 0.3 is 12.1 Å². The third-order valence-corrected chi connectivity index (χ3v) is 1.66. The molecule has 0 spiro atoms. The van der Waals surface area contributed by atoms with Gasteiger partial charge < -0.3 is 15.2 Å². The molecule has 5 nitrogen and oxygen atoms in total. The van der Waals surface area contributed by atoms with Crippen LogP contribution >= 0.6 is 12.4 Å². The van der Waals surface area contributed by atoms with Gasteiger partial charge in [0, 0.05) is 6.04 Å². The van der Waals surface area contributed by atoms with Crippen LogP contribution < -0.4 is 5.73 Å². The molecule has 0 bridgehead atoms. The standard InChI is InChI=1S/C10H19NO4.ClH/c1-4-14-10(13)15-9(12)6-8(11)5-7(2)3;/h7-8H,4-6,11H2,1-3H3;1H. The fourth-order valence-corrected chi connectivity index (χ4v) is 1.18. The SMILES string of the molecule is CCOC(=O)OC(=O)CC(N)CC(C)C.Cl. The minimum atomic E-state index is -0.959. The second-order valence-electron chi connectivity index (χ2n) is 3.75. The molecule has 0 rings (SSSR count). The molecule has 0 aromatic heterocycles. The maximum atomic E-state index is 11.1. The predicted octanol–water partition coefficient (Wildman–Crippen LogP) is 1.87. The average Bonchev–Trinajstić information content (AvgIpc) is 2.00. The second kappa shape index (κ2) is 9.42. The lowest BCUT2D eigenvalue weighted by atomic mass is 10.0. The van der Waals surface area contributed by atoms with Gasteiger partial charge in [0.2, 0.25) is 0 Å². The molecule has 0 aromatic carbocycles. The lowest BCUT2D eigenvalue weighted by Gasteiger charge is -2.12. The van der Waals surface area contributed by atoms with E-state index in [0.29, 0.717) is 5.92 Å². The van der Waals surface area contributed by atoms with Crippen molar-refractivity contribution >= 4 is 24.5 Å². The monoisotopic (exact) mass is 253 g/mol. The van der Waals surface area contributed by atoms with E-state index in [0.717, 1.165) is 6.42 Å². The number of halogens is 1. The molecule has 0 saturated carbocycles. The highest BCUT2D eigenvalue weighted by Crippen LogP contribution is 2.06. The van der Waals surface area contributed by atoms with Crippen LogP contribution in [0, 0.1) is 5.92 Å². The first-order chi connectivity index (χ1) is 6.95. The minimum absolute atomic E-state index is 0. The highest BCUT2D eigenvalue weighted by atomic mass is 35.5. The summed E-state index contributed by atoms with van der Waals surface area (Å²) in [7, 11) is 0. The number of esters is 1. The van der Waals surface area contributed by atoms with Crippen molar-refractivity contribution in [3.05, 3.63) is 0 Å². The summed E-state index contributed by atoms with van der Waals surface area (Å²) < 4.78 is 8.82. The van der Waals surface area contributed by atoms with Crippen LogP contribution in [0.3, 0.4) is 0 Å². The summed E-state index contributed by atoms with van der Waals surface area (Å²) in [6.45, 7) is 5.84. The summed E-state index contributed by atoms with van der Waals surface area (Å²) in [5.41, 5.74) is 5.67. The summed E-state index contributed by atoms with van der Waals surface area (Å²) in [5, 5.41) is 0. The zero-order valence-electron chi connectivity index (χ0n) is 9.89. The third-order valence-electron chi connectivity index (χ3n) is 1.66. The lowest BCUT2D eigenvalue weighted by molar-refractivity contribution is -0.140. The Hall–Kier alpha value is -0.810. The highest BCUT2D eigenvalue weighted by Gasteiger charge is 2.15. The van der Waals surface area contributed by atoms with E-state index in [9.17, 15) is 9.59 Å². The van der Waals surface area contributed by atoms with Crippen LogP contribution in [0.2, 0.25) is 0 Å². The summed E-state index contributed by atoms with van der Waals surface area (Å²) in [5.74, 6) is -0.225. The Balaban J connectivity index is 0. The van der Waals surface area contributed by atoms with E-state index in [1.807, 2.05) is 13.8 Å². The molecule has 16 heavy (non-hydrogen) atoms. The zero-order valence-corrected chi connectivity index (χ0v) is 10.7. The van der Waals surface area contributed by atoms with Crippen molar-refractivity contribution in [1.29, 1.82) is 0 Å². The van der Waals surface area contributed by atoms with Crippen molar-refractivity contribution in [3.63, 3.8) is 0 Å². The van der Waals surface area contributed by atoms with Crippen molar-refractivity contribution in [3.8, 4) is 0 Å². The molecular weight excluding hydrogens is 234 g/mol. The van der Waals surface area contributed by atoms with Crippen molar-refractivity contribution < 1.29 is 19.1 Å². The summed E-state index contributed by atoms with van der Waals surface area (Å²) in [6, 6.07) is -0.271. The molecule has 0 aliphatic rings. The maximum absolute atomic E-state index is 11.1. The molecule has 1 unspecified atom stereocenters. The number of ether oxygens (including phenoxy) is 2. The van der Waals surface area contributed by atoms with Gasteiger partial charge in [0.15, 0.2) is 0 Å². The van der Waals surface area contributed by atoms with E-state index in [4.69, 9.17) is 5.73 Å². The van der Waals surface area contributed by atoms with Crippen LogP contribution in [0.1, 0.15) is 33.6 Å². The number of hydrogen-bond donors (Lipinski definition) is 1. The molecule has 0 aromatic rings. The maximum Gasteiger partial charge on any atom is 0.516 e. The van der Waals surface area contributed by atoms with E-state index in [2.05, 4.69) is 9.47 Å². The fourth-order valence-electron chi connectivity index (χ4n) is 1.18. The minimum Gasteiger partial charge on any atom is -0.434 e. The summed E-state index contributed by atoms with van der Waals surface area (Å²) in [4.78, 5) is 21.9. The predicted molar refractivity (Wildman–Crippen MR) is 62.4 cm³/mol. The van der Waals surface area contributed by atoms with Gasteiger partial charge in [-0.2, -0.15) is 0 Å². The van der Waals surface area contributed by atoms with Gasteiger partial charge in [-0.3, -0.25) is 4.79 Å². The van der Waals surface area contributed by atoms with Crippen molar-refractivity contribution in [2.24, 2.45) is 11.7 Å². The average molecular weight is 254 g/mol. The molecule has 0 amide bonds. The molecular formula is C10H20ClNO4. The van der Waals surface area contributed by atoms with Crippen LogP contribution in [-0.4, -0.2) is 24.8 Å². The van der Waals surface area contributed by atoms with Crippen LogP contribution in [0.25, 0.3) is 0 Å². The summed E-state index contributed by atoms with van der Waals surface area (Å²) in [6.07, 6.45) is -0.200. The Kier molecular flexibility index (Phi) is 10.3. The quantitative estimate of drug-likeness (QED) is 0.598. The first-order valence-electron chi connectivity index (χ1n) is 5.08. The van der Waals surface area contributed by atoms with Crippen molar-refractivity contribution in [2.45, 2.75) is 39.7 Å². The molecule has 0 aliphatic carbocycles. The molecule has 0 fully saturated rings. The fraction of sp³-hybridized carbons (Fsp3) is 0.800. The van der Waals surface area contributed by atoms with Gasteiger partial charge in [0.1, 0.15) is 0 Å². The number of hydrogen-bond acceptors (Lipinski definition) is 5. The molecule has 96 valence electrons. The van der Waals surface area contributed by atoms with Gasteiger partial charge in [-0.1, -0.05) is 13.8 Å². The lowest BCUT2D eigenvalue weighted by Crippen LogP contribution is -2.27. The van der Waals surface area contributed by atoms with Crippen molar-refractivity contribution in [1.82, 2.24) is 0 Å². The van der Waals surface area contributed by atoms with Crippen LogP contribution in [-0.2, 0) is 14.3 Å². The molecule has 2 N–H and O–H groups in total. The number of carbonyl (C=O) groups is 2. The van der Waals surface area contributed by atoms with Gasteiger partial charge in [-0.25, -0.2) is 4.79 Å². The Morgan fingerprint density at radius 2 is 1.88 bits per heavy atom. The second-order valence-corrected chi connectivity index (χ2v) is 3.75. The zero-order chi connectivity index (χ0) is 11.8.